The van der Waals surface area contributed by atoms with Gasteiger partial charge in [0.25, 0.3) is 11.8 Å². The first-order valence-electron chi connectivity index (χ1n) is 12.7. The Bertz CT molecular complexity index is 1340. The van der Waals surface area contributed by atoms with Crippen molar-refractivity contribution >= 4 is 23.2 Å². The zero-order chi connectivity index (χ0) is 28.2. The number of alkyl halides is 3. The van der Waals surface area contributed by atoms with Gasteiger partial charge in [-0.3, -0.25) is 14.6 Å². The second-order valence-corrected chi connectivity index (χ2v) is 10.0. The number of likely N-dealkylation sites (N-methyl/N-ethyl adjacent to an activating group) is 1. The smallest absolute Gasteiger partial charge is 0.370 e. The molecule has 2 heterocycles. The van der Waals surface area contributed by atoms with E-state index in [2.05, 4.69) is 20.5 Å². The first-order chi connectivity index (χ1) is 18.5. The number of pyridine rings is 1. The van der Waals surface area contributed by atoms with Crippen LogP contribution in [-0.2, 0) is 6.18 Å². The summed E-state index contributed by atoms with van der Waals surface area (Å²) in [5.41, 5.74) is 3.05. The molecule has 10 heteroatoms. The van der Waals surface area contributed by atoms with Crippen molar-refractivity contribution in [2.75, 3.05) is 50.5 Å². The highest BCUT2D eigenvalue weighted by atomic mass is 19.4. The molecule has 0 spiro atoms. The monoisotopic (exact) mass is 539 g/mol. The van der Waals surface area contributed by atoms with Crippen molar-refractivity contribution in [1.82, 2.24) is 15.2 Å². The zero-order valence-electron chi connectivity index (χ0n) is 22.2. The van der Waals surface area contributed by atoms with E-state index in [1.807, 2.05) is 44.1 Å². The van der Waals surface area contributed by atoms with Crippen LogP contribution >= 0.6 is 0 Å². The highest BCUT2D eigenvalue weighted by molar-refractivity contribution is 6.04. The number of hydrogen-bond donors (Lipinski definition) is 2. The Morgan fingerprint density at radius 1 is 1.05 bits per heavy atom. The molecule has 0 aliphatic carbocycles. The number of nitrogens with one attached hydrogen (secondary N) is 2. The van der Waals surface area contributed by atoms with E-state index >= 15 is 0 Å². The summed E-state index contributed by atoms with van der Waals surface area (Å²) in [6.07, 6.45) is -0.348. The topological polar surface area (TPSA) is 77.6 Å². The highest BCUT2D eigenvalue weighted by Gasteiger charge is 2.31. The minimum atomic E-state index is -4.49. The van der Waals surface area contributed by atoms with Crippen LogP contribution in [0.4, 0.5) is 24.5 Å². The molecule has 0 saturated carbocycles. The molecule has 2 aromatic carbocycles. The average molecular weight is 540 g/mol. The van der Waals surface area contributed by atoms with Crippen LogP contribution in [0.3, 0.4) is 0 Å². The van der Waals surface area contributed by atoms with Crippen molar-refractivity contribution < 1.29 is 22.8 Å². The molecular weight excluding hydrogens is 507 g/mol. The number of nitrogens with zero attached hydrogens (tertiary/aromatic N) is 3. The van der Waals surface area contributed by atoms with Crippen molar-refractivity contribution in [2.24, 2.45) is 0 Å². The summed E-state index contributed by atoms with van der Waals surface area (Å²) in [6, 6.07) is 11.8. The Morgan fingerprint density at radius 3 is 2.59 bits per heavy atom. The summed E-state index contributed by atoms with van der Waals surface area (Å²) in [4.78, 5) is 33.9. The molecule has 4 rings (SSSR count). The molecule has 1 saturated heterocycles. The predicted molar refractivity (Wildman–Crippen MR) is 145 cm³/mol. The van der Waals surface area contributed by atoms with Crippen molar-refractivity contribution in [3.8, 4) is 0 Å². The second kappa shape index (κ2) is 11.9. The van der Waals surface area contributed by atoms with Gasteiger partial charge in [-0.1, -0.05) is 12.1 Å². The fraction of sp³-hybridized carbons (Fsp3) is 0.345. The number of amides is 2. The molecular formula is C29H32F3N5O2. The van der Waals surface area contributed by atoms with Gasteiger partial charge in [-0.15, -0.1) is 0 Å². The SMILES string of the molecule is Cc1ccc(C(=O)Nc2cccc(C(F)(F)F)c2)cc1C1CCN(c2cncc(C(=O)NCCN(C)C)c2)C1. The van der Waals surface area contributed by atoms with E-state index in [1.54, 1.807) is 18.5 Å². The molecule has 3 aromatic rings. The standard InChI is InChI=1S/C29H32F3N5O2/c1-19-7-8-20(28(39)35-24-6-4-5-23(15-24)29(30,31)32)14-26(19)21-9-11-37(18-21)25-13-22(16-33-17-25)27(38)34-10-12-36(2)3/h4-8,13-17,21H,9-12,18H2,1-3H3,(H,34,38)(H,35,39). The second-order valence-electron chi connectivity index (χ2n) is 10.0. The third-order valence-corrected chi connectivity index (χ3v) is 6.81. The van der Waals surface area contributed by atoms with Crippen molar-refractivity contribution in [3.63, 3.8) is 0 Å². The largest absolute Gasteiger partial charge is 0.416 e. The maximum absolute atomic E-state index is 13.0. The molecule has 1 fully saturated rings. The van der Waals surface area contributed by atoms with Gasteiger partial charge in [-0.25, -0.2) is 0 Å². The van der Waals surface area contributed by atoms with Gasteiger partial charge in [-0.2, -0.15) is 13.2 Å². The Morgan fingerprint density at radius 2 is 1.85 bits per heavy atom. The van der Waals surface area contributed by atoms with Gasteiger partial charge in [0.1, 0.15) is 0 Å². The van der Waals surface area contributed by atoms with Gasteiger partial charge >= 0.3 is 6.18 Å². The quantitative estimate of drug-likeness (QED) is 0.424. The van der Waals surface area contributed by atoms with Crippen LogP contribution in [0.5, 0.6) is 0 Å². The molecule has 1 aromatic heterocycles. The molecule has 1 aliphatic rings. The molecule has 0 radical (unpaired) electrons. The number of benzene rings is 2. The normalized spacial score (nSPS) is 15.5. The molecule has 39 heavy (non-hydrogen) atoms. The number of rotatable bonds is 8. The predicted octanol–water partition coefficient (Wildman–Crippen LogP) is 4.95. The summed E-state index contributed by atoms with van der Waals surface area (Å²) in [5.74, 6) is -0.497. The summed E-state index contributed by atoms with van der Waals surface area (Å²) < 4.78 is 39.1. The van der Waals surface area contributed by atoms with Crippen LogP contribution in [-0.4, -0.2) is 62.0 Å². The number of aromatic nitrogens is 1. The molecule has 1 aliphatic heterocycles. The minimum absolute atomic E-state index is 0.0853. The van der Waals surface area contributed by atoms with E-state index in [4.69, 9.17) is 0 Å². The number of anilines is 2. The van der Waals surface area contributed by atoms with E-state index in [0.717, 1.165) is 48.5 Å². The van der Waals surface area contributed by atoms with Crippen molar-refractivity contribution in [1.29, 1.82) is 0 Å². The van der Waals surface area contributed by atoms with Gasteiger partial charge in [0.05, 0.1) is 23.0 Å². The van der Waals surface area contributed by atoms with E-state index < -0.39 is 17.6 Å². The van der Waals surface area contributed by atoms with Gasteiger partial charge in [0.2, 0.25) is 0 Å². The molecule has 2 N–H and O–H groups in total. The summed E-state index contributed by atoms with van der Waals surface area (Å²) in [7, 11) is 3.89. The molecule has 206 valence electrons. The Balaban J connectivity index is 1.44. The summed E-state index contributed by atoms with van der Waals surface area (Å²) in [6.45, 7) is 4.71. The van der Waals surface area contributed by atoms with Gasteiger partial charge < -0.3 is 20.4 Å². The minimum Gasteiger partial charge on any atom is -0.370 e. The Kier molecular flexibility index (Phi) is 8.54. The molecule has 1 unspecified atom stereocenters. The lowest BCUT2D eigenvalue weighted by atomic mass is 9.92. The fourth-order valence-electron chi connectivity index (χ4n) is 4.67. The number of aryl methyl sites for hydroxylation is 1. The van der Waals surface area contributed by atoms with Gasteiger partial charge in [0, 0.05) is 49.5 Å². The number of carbonyl (C=O) groups is 2. The maximum atomic E-state index is 13.0. The van der Waals surface area contributed by atoms with Crippen molar-refractivity contribution in [2.45, 2.75) is 25.4 Å². The third-order valence-electron chi connectivity index (χ3n) is 6.81. The maximum Gasteiger partial charge on any atom is 0.416 e. The van der Waals surface area contributed by atoms with Crippen LogP contribution in [0.15, 0.2) is 60.9 Å². The fourth-order valence-corrected chi connectivity index (χ4v) is 4.67. The van der Waals surface area contributed by atoms with E-state index in [9.17, 15) is 22.8 Å². The first kappa shape index (κ1) is 28.1. The van der Waals surface area contributed by atoms with E-state index in [0.29, 0.717) is 24.2 Å². The molecule has 2 amide bonds. The zero-order valence-corrected chi connectivity index (χ0v) is 22.2. The number of halogens is 3. The van der Waals surface area contributed by atoms with E-state index in [1.165, 1.54) is 12.1 Å². The first-order valence-corrected chi connectivity index (χ1v) is 12.7. The highest BCUT2D eigenvalue weighted by Crippen LogP contribution is 2.34. The van der Waals surface area contributed by atoms with Crippen LogP contribution in [0.1, 0.15) is 49.7 Å². The molecule has 0 bridgehead atoms. The molecule has 7 nitrogen and oxygen atoms in total. The summed E-state index contributed by atoms with van der Waals surface area (Å²) >= 11 is 0. The van der Waals surface area contributed by atoms with Crippen LogP contribution in [0, 0.1) is 6.92 Å². The lowest BCUT2D eigenvalue weighted by Crippen LogP contribution is -2.31. The van der Waals surface area contributed by atoms with Crippen LogP contribution in [0.2, 0.25) is 0 Å². The number of hydrogen-bond acceptors (Lipinski definition) is 5. The molecule has 1 atom stereocenters. The van der Waals surface area contributed by atoms with E-state index in [-0.39, 0.29) is 17.5 Å². The van der Waals surface area contributed by atoms with Crippen molar-refractivity contribution in [3.05, 3.63) is 88.7 Å². The van der Waals surface area contributed by atoms with Gasteiger partial charge in [0.15, 0.2) is 0 Å². The van der Waals surface area contributed by atoms with Crippen LogP contribution < -0.4 is 15.5 Å². The summed E-state index contributed by atoms with van der Waals surface area (Å²) in [5, 5.41) is 5.48. The Hall–Kier alpha value is -3.92. The van der Waals surface area contributed by atoms with Crippen LogP contribution in [0.25, 0.3) is 0 Å². The lowest BCUT2D eigenvalue weighted by Gasteiger charge is -2.20. The van der Waals surface area contributed by atoms with Gasteiger partial charge in [-0.05, 0) is 75.0 Å². The average Bonchev–Trinajstić information content (AvgIpc) is 3.38. The number of carbonyl (C=O) groups excluding carboxylic acids is 2. The third kappa shape index (κ3) is 7.14. The Labute approximate surface area is 226 Å². The lowest BCUT2D eigenvalue weighted by molar-refractivity contribution is -0.137.